The molecule has 6 nitrogen and oxygen atoms in total. The number of ether oxygens (including phenoxy) is 3. The van der Waals surface area contributed by atoms with E-state index in [4.69, 9.17) is 54.0 Å². The molecule has 0 bridgehead atoms. The van der Waals surface area contributed by atoms with Crippen molar-refractivity contribution in [1.29, 1.82) is 0 Å². The first-order valence-corrected chi connectivity index (χ1v) is 15.6. The van der Waals surface area contributed by atoms with Gasteiger partial charge in [0.2, 0.25) is 5.79 Å². The van der Waals surface area contributed by atoms with Crippen molar-refractivity contribution in [2.75, 3.05) is 54.5 Å². The number of piperazine rings is 1. The summed E-state index contributed by atoms with van der Waals surface area (Å²) in [6.07, 6.45) is -0.236. The Morgan fingerprint density at radius 1 is 0.949 bits per heavy atom. The number of aromatic nitrogens is 1. The number of benzene rings is 3. The first kappa shape index (κ1) is 27.4. The van der Waals surface area contributed by atoms with Gasteiger partial charge in [-0.2, -0.15) is 0 Å². The number of thiazole rings is 1. The molecule has 3 aromatic carbocycles. The third-order valence-electron chi connectivity index (χ3n) is 6.90. The van der Waals surface area contributed by atoms with Crippen molar-refractivity contribution >= 4 is 83.1 Å². The van der Waals surface area contributed by atoms with Crippen LogP contribution in [0, 0.1) is 0 Å². The fourth-order valence-electron chi connectivity index (χ4n) is 4.85. The van der Waals surface area contributed by atoms with Crippen molar-refractivity contribution in [2.45, 2.75) is 11.9 Å². The van der Waals surface area contributed by atoms with E-state index in [-0.39, 0.29) is 6.10 Å². The van der Waals surface area contributed by atoms with E-state index in [0.717, 1.165) is 57.9 Å². The van der Waals surface area contributed by atoms with Gasteiger partial charge in [-0.1, -0.05) is 68.1 Å². The second-order valence-electron chi connectivity index (χ2n) is 9.45. The Balaban J connectivity index is 1.02. The highest BCUT2D eigenvalue weighted by molar-refractivity contribution is 9.09. The van der Waals surface area contributed by atoms with E-state index in [0.29, 0.717) is 28.6 Å². The van der Waals surface area contributed by atoms with Gasteiger partial charge in [0.25, 0.3) is 0 Å². The maximum Gasteiger partial charge on any atom is 0.206 e. The van der Waals surface area contributed by atoms with E-state index in [2.05, 4.69) is 37.9 Å². The molecule has 2 aliphatic heterocycles. The molecule has 39 heavy (non-hydrogen) atoms. The second-order valence-corrected chi connectivity index (χ2v) is 12.3. The standard InChI is InChI=1S/C28H25BrCl3N3O3S/c29-17-28(23-7-1-18(30)13-24(23)32)37-16-22(38-28)15-36-21-5-3-20(4-6-21)34-9-11-35(12-10-34)27-33-25-8-2-19(31)14-26(25)39-27/h1-8,13-14,22H,9-12,15-17H2/t22-,28-/m1/s1. The van der Waals surface area contributed by atoms with Gasteiger partial charge >= 0.3 is 0 Å². The predicted molar refractivity (Wildman–Crippen MR) is 164 cm³/mol. The molecule has 2 atom stereocenters. The summed E-state index contributed by atoms with van der Waals surface area (Å²) in [6, 6.07) is 19.4. The van der Waals surface area contributed by atoms with Gasteiger partial charge in [0.05, 0.1) is 27.2 Å². The fraction of sp³-hybridized carbons (Fsp3) is 0.321. The number of nitrogens with zero attached hydrogens (tertiary/aromatic N) is 3. The van der Waals surface area contributed by atoms with Crippen molar-refractivity contribution in [2.24, 2.45) is 0 Å². The number of fused-ring (bicyclic) bond motifs is 1. The SMILES string of the molecule is Clc1ccc([C@]2(CBr)OC[C@@H](COc3ccc(N4CCN(c5nc6ccc(Cl)cc6s5)CC4)cc3)O2)c(Cl)c1. The predicted octanol–water partition coefficient (Wildman–Crippen LogP) is 7.63. The molecule has 0 saturated carbocycles. The summed E-state index contributed by atoms with van der Waals surface area (Å²) in [7, 11) is 0. The van der Waals surface area contributed by atoms with Crippen molar-refractivity contribution in [3.05, 3.63) is 81.3 Å². The van der Waals surface area contributed by atoms with E-state index in [1.54, 1.807) is 23.5 Å². The average molecular weight is 670 g/mol. The normalized spacial score (nSPS) is 21.6. The van der Waals surface area contributed by atoms with Gasteiger partial charge in [-0.15, -0.1) is 0 Å². The Morgan fingerprint density at radius 2 is 1.67 bits per heavy atom. The molecule has 0 radical (unpaired) electrons. The second kappa shape index (κ2) is 11.6. The van der Waals surface area contributed by atoms with Gasteiger partial charge in [0, 0.05) is 47.5 Å². The lowest BCUT2D eigenvalue weighted by Gasteiger charge is -2.36. The Morgan fingerprint density at radius 3 is 2.41 bits per heavy atom. The van der Waals surface area contributed by atoms with E-state index < -0.39 is 5.79 Å². The van der Waals surface area contributed by atoms with Crippen LogP contribution in [0.15, 0.2) is 60.7 Å². The summed E-state index contributed by atoms with van der Waals surface area (Å²) >= 11 is 23.8. The van der Waals surface area contributed by atoms with Gasteiger partial charge in [-0.05, 0) is 54.6 Å². The minimum absolute atomic E-state index is 0.236. The summed E-state index contributed by atoms with van der Waals surface area (Å²) in [6.45, 7) is 4.44. The molecule has 0 N–H and O–H groups in total. The lowest BCUT2D eigenvalue weighted by molar-refractivity contribution is -0.159. The molecule has 0 spiro atoms. The van der Waals surface area contributed by atoms with Crippen LogP contribution >= 0.6 is 62.1 Å². The van der Waals surface area contributed by atoms with Gasteiger partial charge in [0.15, 0.2) is 5.13 Å². The Kier molecular flexibility index (Phi) is 8.15. The van der Waals surface area contributed by atoms with Crippen LogP contribution in [-0.4, -0.2) is 55.8 Å². The Bertz CT molecular complexity index is 1470. The highest BCUT2D eigenvalue weighted by Crippen LogP contribution is 2.40. The summed E-state index contributed by atoms with van der Waals surface area (Å²) < 4.78 is 19.5. The fourth-order valence-corrected chi connectivity index (χ4v) is 7.29. The van der Waals surface area contributed by atoms with Gasteiger partial charge in [-0.25, -0.2) is 4.98 Å². The zero-order chi connectivity index (χ0) is 27.0. The topological polar surface area (TPSA) is 47.1 Å². The Hall–Kier alpha value is -1.78. The molecule has 11 heteroatoms. The molecule has 1 aromatic heterocycles. The first-order valence-electron chi connectivity index (χ1n) is 12.5. The van der Waals surface area contributed by atoms with E-state index in [9.17, 15) is 0 Å². The number of alkyl halides is 1. The summed E-state index contributed by atoms with van der Waals surface area (Å²) in [4.78, 5) is 9.53. The quantitative estimate of drug-likeness (QED) is 0.189. The molecular weight excluding hydrogens is 645 g/mol. The Labute approximate surface area is 254 Å². The number of hydrogen-bond donors (Lipinski definition) is 0. The molecular formula is C28H25BrCl3N3O3S. The highest BCUT2D eigenvalue weighted by Gasteiger charge is 2.44. The largest absolute Gasteiger partial charge is 0.491 e. The molecule has 0 amide bonds. The first-order chi connectivity index (χ1) is 18.9. The summed E-state index contributed by atoms with van der Waals surface area (Å²) in [5.74, 6) is -0.185. The van der Waals surface area contributed by atoms with Crippen molar-refractivity contribution in [3.63, 3.8) is 0 Å². The number of halogens is 4. The van der Waals surface area contributed by atoms with Gasteiger partial charge in [-0.3, -0.25) is 0 Å². The van der Waals surface area contributed by atoms with Crippen molar-refractivity contribution in [1.82, 2.24) is 4.98 Å². The summed E-state index contributed by atoms with van der Waals surface area (Å²) in [5, 5.41) is 3.30. The van der Waals surface area contributed by atoms with Crippen LogP contribution in [0.5, 0.6) is 5.75 Å². The average Bonchev–Trinajstić information content (AvgIpc) is 3.57. The monoisotopic (exact) mass is 667 g/mol. The van der Waals surface area contributed by atoms with Crippen LogP contribution in [0.3, 0.4) is 0 Å². The molecule has 2 saturated heterocycles. The molecule has 0 unspecified atom stereocenters. The van der Waals surface area contributed by atoms with Crippen LogP contribution in [0.25, 0.3) is 10.2 Å². The molecule has 0 aliphatic carbocycles. The van der Waals surface area contributed by atoms with Crippen LogP contribution in [0.4, 0.5) is 10.8 Å². The third kappa shape index (κ3) is 5.84. The van der Waals surface area contributed by atoms with E-state index in [1.165, 1.54) is 5.69 Å². The lowest BCUT2D eigenvalue weighted by Crippen LogP contribution is -2.46. The van der Waals surface area contributed by atoms with Crippen LogP contribution in [0.1, 0.15) is 5.56 Å². The molecule has 2 aliphatic rings. The molecule has 6 rings (SSSR count). The lowest BCUT2D eigenvalue weighted by atomic mass is 10.1. The molecule has 204 valence electrons. The van der Waals surface area contributed by atoms with Gasteiger partial charge < -0.3 is 24.0 Å². The van der Waals surface area contributed by atoms with Crippen molar-refractivity contribution < 1.29 is 14.2 Å². The number of hydrogen-bond acceptors (Lipinski definition) is 7. The molecule has 2 fully saturated rings. The minimum Gasteiger partial charge on any atom is -0.491 e. The van der Waals surface area contributed by atoms with Crippen LogP contribution in [-0.2, 0) is 15.3 Å². The van der Waals surface area contributed by atoms with Crippen molar-refractivity contribution in [3.8, 4) is 5.75 Å². The van der Waals surface area contributed by atoms with E-state index >= 15 is 0 Å². The maximum atomic E-state index is 6.43. The highest BCUT2D eigenvalue weighted by atomic mass is 79.9. The zero-order valence-electron chi connectivity index (χ0n) is 20.8. The van der Waals surface area contributed by atoms with Crippen LogP contribution < -0.4 is 14.5 Å². The number of rotatable bonds is 7. The minimum atomic E-state index is -0.972. The summed E-state index contributed by atoms with van der Waals surface area (Å²) in [5.41, 5.74) is 2.91. The third-order valence-corrected chi connectivity index (χ3v) is 9.50. The van der Waals surface area contributed by atoms with Crippen LogP contribution in [0.2, 0.25) is 15.1 Å². The smallest absolute Gasteiger partial charge is 0.206 e. The van der Waals surface area contributed by atoms with Gasteiger partial charge in [0.1, 0.15) is 18.5 Å². The molecule has 3 heterocycles. The van der Waals surface area contributed by atoms with E-state index in [1.807, 2.05) is 36.4 Å². The number of anilines is 2. The maximum absolute atomic E-state index is 6.43. The molecule has 4 aromatic rings. The zero-order valence-corrected chi connectivity index (χ0v) is 25.5.